The third kappa shape index (κ3) is 5.34. The molecule has 1 fully saturated rings. The van der Waals surface area contributed by atoms with Crippen LogP contribution in [0.25, 0.3) is 11.5 Å². The van der Waals surface area contributed by atoms with Crippen molar-refractivity contribution in [2.75, 3.05) is 32.8 Å². The third-order valence-electron chi connectivity index (χ3n) is 5.87. The summed E-state index contributed by atoms with van der Waals surface area (Å²) in [6, 6.07) is 13.6. The highest BCUT2D eigenvalue weighted by Gasteiger charge is 2.31. The molecule has 8 heteroatoms. The largest absolute Gasteiger partial charge is 0.382 e. The molecule has 0 bridgehead atoms. The highest BCUT2D eigenvalue weighted by molar-refractivity contribution is 5.97. The zero-order valence-corrected chi connectivity index (χ0v) is 19.0. The van der Waals surface area contributed by atoms with Crippen LogP contribution in [0, 0.1) is 5.92 Å². The number of likely N-dealkylation sites (tertiary alicyclic amines) is 1. The highest BCUT2D eigenvalue weighted by Crippen LogP contribution is 2.24. The summed E-state index contributed by atoms with van der Waals surface area (Å²) in [6.07, 6.45) is 7.81. The lowest BCUT2D eigenvalue weighted by molar-refractivity contribution is -0.126. The quantitative estimate of drug-likeness (QED) is 0.509. The molecule has 3 heterocycles. The van der Waals surface area contributed by atoms with Crippen molar-refractivity contribution in [2.24, 2.45) is 5.92 Å². The van der Waals surface area contributed by atoms with Crippen LogP contribution in [-0.2, 0) is 9.53 Å². The molecule has 3 aromatic rings. The Labute approximate surface area is 194 Å². The summed E-state index contributed by atoms with van der Waals surface area (Å²) in [5, 5.41) is 7.53. The molecule has 1 N–H and O–H groups in total. The number of piperidine rings is 1. The normalized spacial score (nSPS) is 16.0. The number of carbonyl (C=O) groups excluding carboxylic acids is 2. The van der Waals surface area contributed by atoms with Crippen LogP contribution in [0.5, 0.6) is 0 Å². The summed E-state index contributed by atoms with van der Waals surface area (Å²) in [4.78, 5) is 28.0. The predicted octanol–water partition coefficient (Wildman–Crippen LogP) is 3.06. The number of ether oxygens (including phenoxy) is 1. The minimum absolute atomic E-state index is 0.00890. The van der Waals surface area contributed by atoms with E-state index in [2.05, 4.69) is 10.4 Å². The first-order valence-corrected chi connectivity index (χ1v) is 11.6. The Bertz CT molecular complexity index is 1050. The minimum atomic E-state index is -0.200. The predicted molar refractivity (Wildman–Crippen MR) is 126 cm³/mol. The number of amides is 2. The number of aromatic nitrogens is 3. The molecule has 1 aliphatic heterocycles. The van der Waals surface area contributed by atoms with Crippen molar-refractivity contribution in [3.8, 4) is 11.5 Å². The summed E-state index contributed by atoms with van der Waals surface area (Å²) in [6.45, 7) is 4.91. The van der Waals surface area contributed by atoms with E-state index >= 15 is 0 Å². The molecular weight excluding hydrogens is 418 g/mol. The Morgan fingerprint density at radius 1 is 1.15 bits per heavy atom. The van der Waals surface area contributed by atoms with Crippen molar-refractivity contribution in [1.29, 1.82) is 0 Å². The van der Waals surface area contributed by atoms with Gasteiger partial charge in [0, 0.05) is 45.2 Å². The van der Waals surface area contributed by atoms with Gasteiger partial charge in [0.05, 0.1) is 17.8 Å². The van der Waals surface area contributed by atoms with Gasteiger partial charge in [0.25, 0.3) is 5.91 Å². The molecule has 1 aliphatic rings. The van der Waals surface area contributed by atoms with Gasteiger partial charge < -0.3 is 19.5 Å². The maximum absolute atomic E-state index is 13.6. The Kier molecular flexibility index (Phi) is 7.57. The van der Waals surface area contributed by atoms with Gasteiger partial charge in [-0.3, -0.25) is 9.59 Å². The van der Waals surface area contributed by atoms with Gasteiger partial charge >= 0.3 is 0 Å². The van der Waals surface area contributed by atoms with Crippen LogP contribution >= 0.6 is 0 Å². The number of hydrogen-bond donors (Lipinski definition) is 1. The minimum Gasteiger partial charge on any atom is -0.382 e. The second-order valence-electron chi connectivity index (χ2n) is 8.15. The van der Waals surface area contributed by atoms with Gasteiger partial charge in [-0.05, 0) is 50.5 Å². The number of para-hydroxylation sites is 1. The molecule has 8 nitrogen and oxygen atoms in total. The molecule has 0 saturated carbocycles. The molecule has 0 unspecified atom stereocenters. The van der Waals surface area contributed by atoms with Crippen LogP contribution in [0.4, 0.5) is 0 Å². The summed E-state index contributed by atoms with van der Waals surface area (Å²) >= 11 is 0. The highest BCUT2D eigenvalue weighted by atomic mass is 16.5. The molecule has 0 radical (unpaired) electrons. The number of benzene rings is 1. The second kappa shape index (κ2) is 11.0. The fourth-order valence-electron chi connectivity index (χ4n) is 4.20. The lowest BCUT2D eigenvalue weighted by Gasteiger charge is -2.32. The van der Waals surface area contributed by atoms with Crippen LogP contribution in [0.2, 0.25) is 0 Å². The second-order valence-corrected chi connectivity index (χ2v) is 8.15. The average Bonchev–Trinajstić information content (AvgIpc) is 3.54. The molecule has 2 amide bonds. The molecule has 2 aromatic heterocycles. The fourth-order valence-corrected chi connectivity index (χ4v) is 4.20. The van der Waals surface area contributed by atoms with Crippen LogP contribution < -0.4 is 5.32 Å². The third-order valence-corrected chi connectivity index (χ3v) is 5.87. The average molecular weight is 450 g/mol. The van der Waals surface area contributed by atoms with Crippen LogP contribution in [0.15, 0.2) is 61.1 Å². The summed E-state index contributed by atoms with van der Waals surface area (Å²) in [5.74, 6) is 0.400. The van der Waals surface area contributed by atoms with Gasteiger partial charge in [0.15, 0.2) is 5.82 Å². The summed E-state index contributed by atoms with van der Waals surface area (Å²) in [5.41, 5.74) is 1.40. The van der Waals surface area contributed by atoms with Gasteiger partial charge in [0.2, 0.25) is 5.91 Å². The Morgan fingerprint density at radius 3 is 2.70 bits per heavy atom. The maximum Gasteiger partial charge on any atom is 0.259 e. The molecule has 33 heavy (non-hydrogen) atoms. The van der Waals surface area contributed by atoms with E-state index in [-0.39, 0.29) is 17.7 Å². The molecule has 1 saturated heterocycles. The van der Waals surface area contributed by atoms with E-state index < -0.39 is 0 Å². The van der Waals surface area contributed by atoms with Gasteiger partial charge in [-0.1, -0.05) is 18.2 Å². The summed E-state index contributed by atoms with van der Waals surface area (Å²) in [7, 11) is 0. The first-order chi connectivity index (χ1) is 16.2. The molecule has 1 aromatic carbocycles. The van der Waals surface area contributed by atoms with Crippen molar-refractivity contribution in [3.05, 3.63) is 66.6 Å². The topological polar surface area (TPSA) is 81.4 Å². The Morgan fingerprint density at radius 2 is 1.94 bits per heavy atom. The molecule has 0 spiro atoms. The van der Waals surface area contributed by atoms with Crippen molar-refractivity contribution >= 4 is 11.8 Å². The number of hydrogen-bond acceptors (Lipinski definition) is 4. The SMILES string of the molecule is CCOCCCNC(=O)[C@H]1CCCN(C(=O)c2cnn(-c3ccccc3)c2-n2cccc2)C1. The molecule has 4 rings (SSSR count). The zero-order chi connectivity index (χ0) is 23.0. The number of nitrogens with zero attached hydrogens (tertiary/aromatic N) is 4. The van der Waals surface area contributed by atoms with Crippen LogP contribution in [0.3, 0.4) is 0 Å². The van der Waals surface area contributed by atoms with Crippen molar-refractivity contribution < 1.29 is 14.3 Å². The lowest BCUT2D eigenvalue weighted by atomic mass is 9.96. The lowest BCUT2D eigenvalue weighted by Crippen LogP contribution is -2.45. The standard InChI is InChI=1S/C25H31N5O3/c1-2-33-17-9-13-26-23(31)20-10-8-16-29(19-20)25(32)22-18-27-30(21-11-4-3-5-12-21)24(22)28-14-6-7-15-28/h3-7,11-12,14-15,18,20H,2,8-10,13,16-17,19H2,1H3,(H,26,31)/t20-/m0/s1. The van der Waals surface area contributed by atoms with Gasteiger partial charge in [0.1, 0.15) is 5.56 Å². The van der Waals surface area contributed by atoms with Crippen molar-refractivity contribution in [2.45, 2.75) is 26.2 Å². The smallest absolute Gasteiger partial charge is 0.259 e. The monoisotopic (exact) mass is 449 g/mol. The van der Waals surface area contributed by atoms with E-state index in [0.29, 0.717) is 44.2 Å². The molecule has 174 valence electrons. The van der Waals surface area contributed by atoms with E-state index in [4.69, 9.17) is 4.74 Å². The zero-order valence-electron chi connectivity index (χ0n) is 19.0. The first-order valence-electron chi connectivity index (χ1n) is 11.6. The molecule has 0 aliphatic carbocycles. The van der Waals surface area contributed by atoms with E-state index in [0.717, 1.165) is 24.9 Å². The summed E-state index contributed by atoms with van der Waals surface area (Å²) < 4.78 is 9.00. The van der Waals surface area contributed by atoms with E-state index in [1.165, 1.54) is 0 Å². The Balaban J connectivity index is 1.50. The van der Waals surface area contributed by atoms with Crippen molar-refractivity contribution in [1.82, 2.24) is 24.6 Å². The van der Waals surface area contributed by atoms with E-state index in [9.17, 15) is 9.59 Å². The number of nitrogens with one attached hydrogen (secondary N) is 1. The maximum atomic E-state index is 13.6. The Hall–Kier alpha value is -3.39. The fraction of sp³-hybridized carbons (Fsp3) is 0.400. The van der Waals surface area contributed by atoms with Crippen LogP contribution in [0.1, 0.15) is 36.5 Å². The van der Waals surface area contributed by atoms with Gasteiger partial charge in [-0.2, -0.15) is 5.10 Å². The van der Waals surface area contributed by atoms with Gasteiger partial charge in [-0.25, -0.2) is 4.68 Å². The van der Waals surface area contributed by atoms with E-state index in [1.807, 2.05) is 66.3 Å². The van der Waals surface area contributed by atoms with Crippen LogP contribution in [-0.4, -0.2) is 63.9 Å². The molecular formula is C25H31N5O3. The molecule has 1 atom stereocenters. The van der Waals surface area contributed by atoms with Crippen molar-refractivity contribution in [3.63, 3.8) is 0 Å². The number of rotatable bonds is 9. The first kappa shape index (κ1) is 22.8. The van der Waals surface area contributed by atoms with E-state index in [1.54, 1.807) is 15.8 Å². The number of carbonyl (C=O) groups is 2. The van der Waals surface area contributed by atoms with Gasteiger partial charge in [-0.15, -0.1) is 0 Å².